The molecule has 0 aliphatic rings. The van der Waals surface area contributed by atoms with Gasteiger partial charge in [0.05, 0.1) is 11.6 Å². The SMILES string of the molecule is Cc1cccc(OCCNC(=O)c2csc(CCN)n2)c1.Cl. The van der Waals surface area contributed by atoms with Crippen molar-refractivity contribution < 1.29 is 9.53 Å². The number of ether oxygens (including phenoxy) is 1. The molecule has 2 aromatic rings. The number of hydrogen-bond acceptors (Lipinski definition) is 5. The van der Waals surface area contributed by atoms with E-state index in [-0.39, 0.29) is 18.3 Å². The number of amides is 1. The maximum atomic E-state index is 11.9. The number of aryl methyl sites for hydroxylation is 1. The van der Waals surface area contributed by atoms with Crippen molar-refractivity contribution in [3.8, 4) is 5.75 Å². The maximum absolute atomic E-state index is 11.9. The first-order valence-electron chi connectivity index (χ1n) is 6.81. The summed E-state index contributed by atoms with van der Waals surface area (Å²) in [6.07, 6.45) is 0.703. The Morgan fingerprint density at radius 1 is 1.45 bits per heavy atom. The van der Waals surface area contributed by atoms with Crippen molar-refractivity contribution in [3.63, 3.8) is 0 Å². The first kappa shape index (κ1) is 18.4. The molecule has 2 rings (SSSR count). The molecule has 0 unspecified atom stereocenters. The van der Waals surface area contributed by atoms with E-state index in [1.165, 1.54) is 11.3 Å². The predicted octanol–water partition coefficient (Wildman–Crippen LogP) is 2.18. The zero-order chi connectivity index (χ0) is 15.1. The first-order valence-corrected chi connectivity index (χ1v) is 7.69. The van der Waals surface area contributed by atoms with E-state index in [4.69, 9.17) is 10.5 Å². The van der Waals surface area contributed by atoms with Gasteiger partial charge in [-0.1, -0.05) is 12.1 Å². The van der Waals surface area contributed by atoms with Gasteiger partial charge in [0, 0.05) is 11.8 Å². The average Bonchev–Trinajstić information content (AvgIpc) is 2.93. The molecule has 0 spiro atoms. The van der Waals surface area contributed by atoms with Crippen molar-refractivity contribution in [2.24, 2.45) is 5.73 Å². The highest BCUT2D eigenvalue weighted by Gasteiger charge is 2.09. The molecule has 0 bridgehead atoms. The van der Waals surface area contributed by atoms with Crippen LogP contribution in [-0.4, -0.2) is 30.6 Å². The number of nitrogens with two attached hydrogens (primary N) is 1. The van der Waals surface area contributed by atoms with Gasteiger partial charge < -0.3 is 15.8 Å². The standard InChI is InChI=1S/C15H19N3O2S.ClH/c1-11-3-2-4-12(9-11)20-8-7-17-15(19)13-10-21-14(18-13)5-6-16;/h2-4,9-10H,5-8,16H2,1H3,(H,17,19);1H. The lowest BCUT2D eigenvalue weighted by molar-refractivity contribution is 0.0942. The maximum Gasteiger partial charge on any atom is 0.270 e. The van der Waals surface area contributed by atoms with Crippen LogP contribution in [0.4, 0.5) is 0 Å². The Balaban J connectivity index is 0.00000242. The fourth-order valence-electron chi connectivity index (χ4n) is 1.78. The van der Waals surface area contributed by atoms with Crippen LogP contribution in [-0.2, 0) is 6.42 Å². The Morgan fingerprint density at radius 3 is 3.00 bits per heavy atom. The molecule has 0 radical (unpaired) electrons. The summed E-state index contributed by atoms with van der Waals surface area (Å²) >= 11 is 1.46. The molecule has 1 aromatic heterocycles. The minimum Gasteiger partial charge on any atom is -0.492 e. The summed E-state index contributed by atoms with van der Waals surface area (Å²) in [4.78, 5) is 16.1. The van der Waals surface area contributed by atoms with E-state index >= 15 is 0 Å². The predicted molar refractivity (Wildman–Crippen MR) is 91.1 cm³/mol. The molecule has 0 aliphatic heterocycles. The van der Waals surface area contributed by atoms with Gasteiger partial charge >= 0.3 is 0 Å². The normalized spacial score (nSPS) is 9.91. The minimum absolute atomic E-state index is 0. The van der Waals surface area contributed by atoms with Crippen molar-refractivity contribution in [2.45, 2.75) is 13.3 Å². The molecule has 0 saturated heterocycles. The molecular weight excluding hydrogens is 322 g/mol. The Labute approximate surface area is 140 Å². The Morgan fingerprint density at radius 2 is 2.27 bits per heavy atom. The van der Waals surface area contributed by atoms with E-state index < -0.39 is 0 Å². The third-order valence-electron chi connectivity index (χ3n) is 2.79. The number of carbonyl (C=O) groups excluding carboxylic acids is 1. The number of rotatable bonds is 7. The third kappa shape index (κ3) is 5.63. The van der Waals surface area contributed by atoms with Gasteiger partial charge in [0.1, 0.15) is 18.1 Å². The van der Waals surface area contributed by atoms with E-state index in [1.54, 1.807) is 5.38 Å². The van der Waals surface area contributed by atoms with E-state index in [9.17, 15) is 4.79 Å². The van der Waals surface area contributed by atoms with Crippen LogP contribution < -0.4 is 15.8 Å². The van der Waals surface area contributed by atoms with Crippen molar-refractivity contribution >= 4 is 29.7 Å². The van der Waals surface area contributed by atoms with Gasteiger partial charge in [0.2, 0.25) is 0 Å². The summed E-state index contributed by atoms with van der Waals surface area (Å²) in [5.41, 5.74) is 7.05. The van der Waals surface area contributed by atoms with Gasteiger partial charge in [0.15, 0.2) is 0 Å². The fourth-order valence-corrected chi connectivity index (χ4v) is 2.58. The minimum atomic E-state index is -0.178. The molecule has 0 aliphatic carbocycles. The molecule has 0 saturated carbocycles. The lowest BCUT2D eigenvalue weighted by Crippen LogP contribution is -2.28. The molecule has 0 atom stereocenters. The summed E-state index contributed by atoms with van der Waals surface area (Å²) in [6, 6.07) is 7.81. The summed E-state index contributed by atoms with van der Waals surface area (Å²) < 4.78 is 5.57. The van der Waals surface area contributed by atoms with E-state index in [0.29, 0.717) is 31.8 Å². The number of thiazole rings is 1. The van der Waals surface area contributed by atoms with Gasteiger partial charge in [-0.15, -0.1) is 23.7 Å². The molecule has 1 amide bonds. The Bertz CT molecular complexity index is 604. The van der Waals surface area contributed by atoms with Crippen molar-refractivity contribution in [1.82, 2.24) is 10.3 Å². The van der Waals surface area contributed by atoms with Gasteiger partial charge in [0.25, 0.3) is 5.91 Å². The van der Waals surface area contributed by atoms with Crippen LogP contribution in [0, 0.1) is 6.92 Å². The fraction of sp³-hybridized carbons (Fsp3) is 0.333. The number of aromatic nitrogens is 1. The number of carbonyl (C=O) groups is 1. The monoisotopic (exact) mass is 341 g/mol. The largest absolute Gasteiger partial charge is 0.492 e. The van der Waals surface area contributed by atoms with Crippen LogP contribution in [0.3, 0.4) is 0 Å². The van der Waals surface area contributed by atoms with Crippen molar-refractivity contribution in [1.29, 1.82) is 0 Å². The highest BCUT2D eigenvalue weighted by molar-refractivity contribution is 7.09. The van der Waals surface area contributed by atoms with Gasteiger partial charge in [-0.3, -0.25) is 4.79 Å². The van der Waals surface area contributed by atoms with Crippen LogP contribution >= 0.6 is 23.7 Å². The van der Waals surface area contributed by atoms with Crippen molar-refractivity contribution in [3.05, 3.63) is 45.9 Å². The molecule has 5 nitrogen and oxygen atoms in total. The smallest absolute Gasteiger partial charge is 0.270 e. The Kier molecular flexibility index (Phi) is 7.87. The van der Waals surface area contributed by atoms with Crippen LogP contribution in [0.5, 0.6) is 5.75 Å². The van der Waals surface area contributed by atoms with Crippen LogP contribution in [0.15, 0.2) is 29.6 Å². The third-order valence-corrected chi connectivity index (χ3v) is 3.70. The van der Waals surface area contributed by atoms with Gasteiger partial charge in [-0.25, -0.2) is 4.98 Å². The molecule has 1 heterocycles. The Hall–Kier alpha value is -1.63. The zero-order valence-corrected chi connectivity index (χ0v) is 14.0. The number of halogens is 1. The van der Waals surface area contributed by atoms with Crippen LogP contribution in [0.25, 0.3) is 0 Å². The molecular formula is C15H20ClN3O2S. The number of nitrogens with one attached hydrogen (secondary N) is 1. The van der Waals surface area contributed by atoms with E-state index in [1.807, 2.05) is 31.2 Å². The number of benzene rings is 1. The first-order chi connectivity index (χ1) is 10.2. The second kappa shape index (κ2) is 9.40. The molecule has 7 heteroatoms. The molecule has 1 aromatic carbocycles. The molecule has 22 heavy (non-hydrogen) atoms. The van der Waals surface area contributed by atoms with Crippen molar-refractivity contribution in [2.75, 3.05) is 19.7 Å². The lowest BCUT2D eigenvalue weighted by atomic mass is 10.2. The van der Waals surface area contributed by atoms with Gasteiger partial charge in [-0.2, -0.15) is 0 Å². The molecule has 120 valence electrons. The molecule has 0 fully saturated rings. The summed E-state index contributed by atoms with van der Waals surface area (Å²) in [5.74, 6) is 0.630. The van der Waals surface area contributed by atoms with E-state index in [0.717, 1.165) is 16.3 Å². The number of nitrogens with zero attached hydrogens (tertiary/aromatic N) is 1. The summed E-state index contributed by atoms with van der Waals surface area (Å²) in [7, 11) is 0. The summed E-state index contributed by atoms with van der Waals surface area (Å²) in [6.45, 7) is 3.42. The number of hydrogen-bond donors (Lipinski definition) is 2. The highest BCUT2D eigenvalue weighted by Crippen LogP contribution is 2.12. The lowest BCUT2D eigenvalue weighted by Gasteiger charge is -2.07. The highest BCUT2D eigenvalue weighted by atomic mass is 35.5. The second-order valence-electron chi connectivity index (χ2n) is 4.59. The topological polar surface area (TPSA) is 77.2 Å². The second-order valence-corrected chi connectivity index (χ2v) is 5.53. The quantitative estimate of drug-likeness (QED) is 0.757. The zero-order valence-electron chi connectivity index (χ0n) is 12.4. The molecule has 3 N–H and O–H groups in total. The van der Waals surface area contributed by atoms with Crippen LogP contribution in [0.2, 0.25) is 0 Å². The average molecular weight is 342 g/mol. The van der Waals surface area contributed by atoms with Gasteiger partial charge in [-0.05, 0) is 31.2 Å². The van der Waals surface area contributed by atoms with Crippen LogP contribution in [0.1, 0.15) is 21.1 Å². The van der Waals surface area contributed by atoms with E-state index in [2.05, 4.69) is 10.3 Å². The summed E-state index contributed by atoms with van der Waals surface area (Å²) in [5, 5.41) is 5.43.